The highest BCUT2D eigenvalue weighted by Crippen LogP contribution is 2.28. The number of carbonyl (C=O) groups is 2. The first-order valence-corrected chi connectivity index (χ1v) is 8.72. The number of hydrogen-bond donors (Lipinski definition) is 2. The molecule has 0 unspecified atom stereocenters. The van der Waals surface area contributed by atoms with E-state index >= 15 is 0 Å². The summed E-state index contributed by atoms with van der Waals surface area (Å²) >= 11 is 15.1. The van der Waals surface area contributed by atoms with Crippen LogP contribution in [0.15, 0.2) is 40.9 Å². The molecule has 25 heavy (non-hydrogen) atoms. The number of carbonyl (C=O) groups excluding carboxylic acids is 1. The average Bonchev–Trinajstić information content (AvgIpc) is 2.52. The van der Waals surface area contributed by atoms with Gasteiger partial charge < -0.3 is 10.4 Å². The number of allylic oxidation sites excluding steroid dienone is 1. The number of anilines is 1. The molecule has 0 aliphatic rings. The summed E-state index contributed by atoms with van der Waals surface area (Å²) in [6, 6.07) is 8.24. The topological polar surface area (TPSA) is 66.4 Å². The van der Waals surface area contributed by atoms with Gasteiger partial charge in [-0.25, -0.2) is 4.79 Å². The molecule has 0 bridgehead atoms. The fourth-order valence-electron chi connectivity index (χ4n) is 2.26. The molecule has 2 aromatic carbocycles. The first-order chi connectivity index (χ1) is 11.7. The molecule has 1 amide bonds. The van der Waals surface area contributed by atoms with Crippen molar-refractivity contribution in [2.24, 2.45) is 0 Å². The molecule has 2 rings (SSSR count). The lowest BCUT2D eigenvalue weighted by Gasteiger charge is -2.12. The molecule has 7 heteroatoms. The molecule has 0 atom stereocenters. The van der Waals surface area contributed by atoms with E-state index in [2.05, 4.69) is 21.2 Å². The lowest BCUT2D eigenvalue weighted by molar-refractivity contribution is -0.111. The van der Waals surface area contributed by atoms with Gasteiger partial charge in [0.05, 0.1) is 21.3 Å². The number of amides is 1. The standard InChI is InChI=1S/C18H14BrCl2NO3/c1-9(11-3-4-14(20)15(21)7-11)6-16(23)22-17-10(2)5-12(19)8-13(17)18(24)25/h3-8H,1-2H3,(H,22,23)(H,24,25)/b9-6+. The number of carboxylic acid groups (broad SMARTS) is 1. The van der Waals surface area contributed by atoms with Crippen molar-refractivity contribution in [1.29, 1.82) is 0 Å². The van der Waals surface area contributed by atoms with E-state index in [-0.39, 0.29) is 11.3 Å². The van der Waals surface area contributed by atoms with E-state index in [9.17, 15) is 14.7 Å². The van der Waals surface area contributed by atoms with Gasteiger partial charge in [-0.2, -0.15) is 0 Å². The van der Waals surface area contributed by atoms with Crippen LogP contribution in [0.5, 0.6) is 0 Å². The van der Waals surface area contributed by atoms with Crippen molar-refractivity contribution in [1.82, 2.24) is 0 Å². The molecule has 0 radical (unpaired) electrons. The molecule has 0 heterocycles. The van der Waals surface area contributed by atoms with Crippen molar-refractivity contribution in [3.8, 4) is 0 Å². The number of halogens is 3. The molecule has 0 aliphatic heterocycles. The quantitative estimate of drug-likeness (QED) is 0.587. The van der Waals surface area contributed by atoms with Crippen LogP contribution in [0.1, 0.15) is 28.4 Å². The van der Waals surface area contributed by atoms with E-state index in [1.165, 1.54) is 12.1 Å². The van der Waals surface area contributed by atoms with Crippen molar-refractivity contribution < 1.29 is 14.7 Å². The zero-order valence-electron chi connectivity index (χ0n) is 13.4. The molecule has 0 saturated heterocycles. The van der Waals surface area contributed by atoms with Crippen molar-refractivity contribution in [3.63, 3.8) is 0 Å². The van der Waals surface area contributed by atoms with Crippen molar-refractivity contribution >= 4 is 62.3 Å². The summed E-state index contributed by atoms with van der Waals surface area (Å²) in [5, 5.41) is 12.8. The molecule has 0 fully saturated rings. The summed E-state index contributed by atoms with van der Waals surface area (Å²) < 4.78 is 0.628. The monoisotopic (exact) mass is 441 g/mol. The van der Waals surface area contributed by atoms with Crippen LogP contribution in [0, 0.1) is 6.92 Å². The highest BCUT2D eigenvalue weighted by Gasteiger charge is 2.15. The average molecular weight is 443 g/mol. The predicted octanol–water partition coefficient (Wildman–Crippen LogP) is 5.80. The number of nitrogens with one attached hydrogen (secondary N) is 1. The Kier molecular flexibility index (Phi) is 6.27. The van der Waals surface area contributed by atoms with Crippen LogP contribution < -0.4 is 5.32 Å². The third kappa shape index (κ3) is 4.84. The molecular weight excluding hydrogens is 429 g/mol. The van der Waals surface area contributed by atoms with Crippen LogP contribution in [0.3, 0.4) is 0 Å². The molecule has 4 nitrogen and oxygen atoms in total. The Labute approximate surface area is 163 Å². The van der Waals surface area contributed by atoms with Gasteiger partial charge in [0.1, 0.15) is 0 Å². The van der Waals surface area contributed by atoms with Gasteiger partial charge in [-0.1, -0.05) is 45.2 Å². The van der Waals surface area contributed by atoms with Crippen LogP contribution in [-0.4, -0.2) is 17.0 Å². The zero-order valence-corrected chi connectivity index (χ0v) is 16.5. The van der Waals surface area contributed by atoms with E-state index in [4.69, 9.17) is 23.2 Å². The van der Waals surface area contributed by atoms with E-state index in [0.29, 0.717) is 25.7 Å². The number of hydrogen-bond acceptors (Lipinski definition) is 2. The lowest BCUT2D eigenvalue weighted by atomic mass is 10.1. The largest absolute Gasteiger partial charge is 0.478 e. The second kappa shape index (κ2) is 8.04. The van der Waals surface area contributed by atoms with Crippen LogP contribution in [-0.2, 0) is 4.79 Å². The Hall–Kier alpha value is -1.82. The maximum atomic E-state index is 12.3. The normalized spacial score (nSPS) is 11.3. The number of carboxylic acids is 1. The molecular formula is C18H14BrCl2NO3. The Morgan fingerprint density at radius 2 is 1.84 bits per heavy atom. The first-order valence-electron chi connectivity index (χ1n) is 7.17. The van der Waals surface area contributed by atoms with Crippen molar-refractivity contribution in [2.45, 2.75) is 13.8 Å². The van der Waals surface area contributed by atoms with Gasteiger partial charge in [0, 0.05) is 10.5 Å². The van der Waals surface area contributed by atoms with Gasteiger partial charge in [-0.05, 0) is 54.8 Å². The second-order valence-corrected chi connectivity index (χ2v) is 7.13. The van der Waals surface area contributed by atoms with Gasteiger partial charge in [-0.3, -0.25) is 4.79 Å². The Balaban J connectivity index is 2.31. The predicted molar refractivity (Wildman–Crippen MR) is 105 cm³/mol. The summed E-state index contributed by atoms with van der Waals surface area (Å²) in [6.07, 6.45) is 1.38. The third-order valence-electron chi connectivity index (χ3n) is 3.50. The maximum Gasteiger partial charge on any atom is 0.337 e. The summed E-state index contributed by atoms with van der Waals surface area (Å²) in [7, 11) is 0. The highest BCUT2D eigenvalue weighted by molar-refractivity contribution is 9.10. The van der Waals surface area contributed by atoms with Gasteiger partial charge in [-0.15, -0.1) is 0 Å². The maximum absolute atomic E-state index is 12.3. The first kappa shape index (κ1) is 19.5. The number of aromatic carboxylic acids is 1. The summed E-state index contributed by atoms with van der Waals surface area (Å²) in [4.78, 5) is 23.7. The molecule has 0 aliphatic carbocycles. The van der Waals surface area contributed by atoms with E-state index in [1.54, 1.807) is 38.1 Å². The van der Waals surface area contributed by atoms with Gasteiger partial charge in [0.2, 0.25) is 5.91 Å². The van der Waals surface area contributed by atoms with Crippen molar-refractivity contribution in [3.05, 3.63) is 67.6 Å². The van der Waals surface area contributed by atoms with Crippen LogP contribution in [0.25, 0.3) is 5.57 Å². The van der Waals surface area contributed by atoms with Crippen molar-refractivity contribution in [2.75, 3.05) is 5.32 Å². The summed E-state index contributed by atoms with van der Waals surface area (Å²) in [5.41, 5.74) is 2.33. The smallest absolute Gasteiger partial charge is 0.337 e. The Morgan fingerprint density at radius 3 is 2.44 bits per heavy atom. The lowest BCUT2D eigenvalue weighted by Crippen LogP contribution is -2.14. The molecule has 0 spiro atoms. The molecule has 2 aromatic rings. The molecule has 130 valence electrons. The highest BCUT2D eigenvalue weighted by atomic mass is 79.9. The van der Waals surface area contributed by atoms with Crippen LogP contribution >= 0.6 is 39.1 Å². The Bertz CT molecular complexity index is 894. The second-order valence-electron chi connectivity index (χ2n) is 5.40. The number of benzene rings is 2. The van der Waals surface area contributed by atoms with Crippen LogP contribution in [0.2, 0.25) is 10.0 Å². The van der Waals surface area contributed by atoms with E-state index in [0.717, 1.165) is 5.56 Å². The third-order valence-corrected chi connectivity index (χ3v) is 4.70. The fraction of sp³-hybridized carbons (Fsp3) is 0.111. The SMILES string of the molecule is C/C(=C\C(=O)Nc1c(C)cc(Br)cc1C(=O)O)c1ccc(Cl)c(Cl)c1. The molecule has 2 N–H and O–H groups in total. The van der Waals surface area contributed by atoms with Gasteiger partial charge >= 0.3 is 5.97 Å². The minimum absolute atomic E-state index is 0.0146. The molecule has 0 saturated carbocycles. The summed E-state index contributed by atoms with van der Waals surface area (Å²) in [6.45, 7) is 3.48. The number of aryl methyl sites for hydroxylation is 1. The van der Waals surface area contributed by atoms with Crippen LogP contribution in [0.4, 0.5) is 5.69 Å². The van der Waals surface area contributed by atoms with E-state index < -0.39 is 11.9 Å². The van der Waals surface area contributed by atoms with Gasteiger partial charge in [0.25, 0.3) is 0 Å². The van der Waals surface area contributed by atoms with E-state index in [1.807, 2.05) is 0 Å². The minimum Gasteiger partial charge on any atom is -0.478 e. The Morgan fingerprint density at radius 1 is 1.16 bits per heavy atom. The zero-order chi connectivity index (χ0) is 18.7. The fourth-order valence-corrected chi connectivity index (χ4v) is 3.13. The minimum atomic E-state index is -1.12. The molecule has 0 aromatic heterocycles. The summed E-state index contributed by atoms with van der Waals surface area (Å²) in [5.74, 6) is -1.55. The number of rotatable bonds is 4. The van der Waals surface area contributed by atoms with Gasteiger partial charge in [0.15, 0.2) is 0 Å².